The van der Waals surface area contributed by atoms with Crippen LogP contribution in [0.2, 0.25) is 0 Å². The minimum Gasteiger partial charge on any atom is -0.478 e. The summed E-state index contributed by atoms with van der Waals surface area (Å²) in [5.41, 5.74) is 1.33. The highest BCUT2D eigenvalue weighted by atomic mass is 16.4. The van der Waals surface area contributed by atoms with Crippen molar-refractivity contribution in [3.8, 4) is 0 Å². The first-order valence-electron chi connectivity index (χ1n) is 6.02. The number of carboxylic acids is 1. The molecule has 0 fully saturated rings. The van der Waals surface area contributed by atoms with Crippen LogP contribution in [0.1, 0.15) is 28.8 Å². The van der Waals surface area contributed by atoms with Gasteiger partial charge >= 0.3 is 5.97 Å². The molecule has 98 valence electrons. The molecule has 0 amide bonds. The third-order valence-corrected chi connectivity index (χ3v) is 2.90. The van der Waals surface area contributed by atoms with Gasteiger partial charge in [0.1, 0.15) is 5.56 Å². The molecule has 0 aliphatic carbocycles. The van der Waals surface area contributed by atoms with Crippen molar-refractivity contribution < 1.29 is 9.90 Å². The van der Waals surface area contributed by atoms with Crippen molar-refractivity contribution in [3.05, 3.63) is 53.7 Å². The molecule has 2 rings (SSSR count). The topological polar surface area (TPSA) is 75.1 Å². The van der Waals surface area contributed by atoms with Gasteiger partial charge in [-0.05, 0) is 17.5 Å². The number of rotatable bonds is 5. The van der Waals surface area contributed by atoms with Gasteiger partial charge in [0, 0.05) is 6.54 Å². The van der Waals surface area contributed by atoms with Crippen LogP contribution >= 0.6 is 0 Å². The Morgan fingerprint density at radius 2 is 2.05 bits per heavy atom. The first-order valence-corrected chi connectivity index (χ1v) is 6.02. The molecule has 0 aliphatic heterocycles. The van der Waals surface area contributed by atoms with Crippen LogP contribution in [0.5, 0.6) is 0 Å². The number of carbonyl (C=O) groups is 1. The Morgan fingerprint density at radius 3 is 2.74 bits per heavy atom. The Bertz CT molecular complexity index is 558. The van der Waals surface area contributed by atoms with Crippen LogP contribution in [0.25, 0.3) is 0 Å². The SMILES string of the molecule is CC(CNc1nnccc1C(=O)O)c1ccccc1. The number of carboxylic acid groups (broad SMARTS) is 1. The average Bonchev–Trinajstić information content (AvgIpc) is 2.46. The number of aromatic nitrogens is 2. The van der Waals surface area contributed by atoms with Gasteiger partial charge in [-0.15, -0.1) is 5.10 Å². The molecule has 0 saturated carbocycles. The highest BCUT2D eigenvalue weighted by molar-refractivity contribution is 5.92. The maximum Gasteiger partial charge on any atom is 0.339 e. The third-order valence-electron chi connectivity index (χ3n) is 2.90. The zero-order valence-corrected chi connectivity index (χ0v) is 10.6. The molecule has 2 aromatic rings. The molecule has 0 bridgehead atoms. The highest BCUT2D eigenvalue weighted by Gasteiger charge is 2.12. The molecule has 1 aromatic heterocycles. The molecule has 1 heterocycles. The van der Waals surface area contributed by atoms with E-state index in [0.29, 0.717) is 12.4 Å². The van der Waals surface area contributed by atoms with Crippen LogP contribution in [-0.2, 0) is 0 Å². The van der Waals surface area contributed by atoms with E-state index in [1.807, 2.05) is 30.3 Å². The standard InChI is InChI=1S/C14H15N3O2/c1-10(11-5-3-2-4-6-11)9-15-13-12(14(18)19)7-8-16-17-13/h2-8,10H,9H2,1H3,(H,15,17)(H,18,19). The van der Waals surface area contributed by atoms with Crippen molar-refractivity contribution in [2.75, 3.05) is 11.9 Å². The molecular weight excluding hydrogens is 242 g/mol. The van der Waals surface area contributed by atoms with Crippen molar-refractivity contribution in [1.82, 2.24) is 10.2 Å². The number of benzene rings is 1. The summed E-state index contributed by atoms with van der Waals surface area (Å²) in [6.07, 6.45) is 1.37. The number of nitrogens with zero attached hydrogens (tertiary/aromatic N) is 2. The molecule has 0 spiro atoms. The van der Waals surface area contributed by atoms with Crippen molar-refractivity contribution in [3.63, 3.8) is 0 Å². The van der Waals surface area contributed by atoms with Gasteiger partial charge in [0.25, 0.3) is 0 Å². The van der Waals surface area contributed by atoms with Crippen molar-refractivity contribution in [2.24, 2.45) is 0 Å². The fourth-order valence-corrected chi connectivity index (χ4v) is 1.78. The minimum absolute atomic E-state index is 0.135. The van der Waals surface area contributed by atoms with Crippen molar-refractivity contribution in [1.29, 1.82) is 0 Å². The number of aromatic carboxylic acids is 1. The summed E-state index contributed by atoms with van der Waals surface area (Å²) in [5, 5.41) is 19.6. The molecule has 1 aromatic carbocycles. The number of hydrogen-bond acceptors (Lipinski definition) is 4. The molecule has 5 heteroatoms. The molecule has 2 N–H and O–H groups in total. The van der Waals surface area contributed by atoms with E-state index in [-0.39, 0.29) is 11.5 Å². The lowest BCUT2D eigenvalue weighted by Crippen LogP contribution is -2.14. The molecular formula is C14H15N3O2. The van der Waals surface area contributed by atoms with Gasteiger partial charge in [0.2, 0.25) is 0 Å². The van der Waals surface area contributed by atoms with Crippen LogP contribution < -0.4 is 5.32 Å². The van der Waals surface area contributed by atoms with E-state index in [2.05, 4.69) is 22.4 Å². The van der Waals surface area contributed by atoms with E-state index >= 15 is 0 Å². The van der Waals surface area contributed by atoms with E-state index in [9.17, 15) is 4.79 Å². The summed E-state index contributed by atoms with van der Waals surface area (Å²) >= 11 is 0. The number of nitrogens with one attached hydrogen (secondary N) is 1. The molecule has 5 nitrogen and oxygen atoms in total. The molecule has 0 aliphatic rings. The Morgan fingerprint density at radius 1 is 1.32 bits per heavy atom. The molecule has 1 unspecified atom stereocenters. The Hall–Kier alpha value is -2.43. The lowest BCUT2D eigenvalue weighted by molar-refractivity contribution is 0.0697. The van der Waals surface area contributed by atoms with Crippen LogP contribution in [0, 0.1) is 0 Å². The van der Waals surface area contributed by atoms with Crippen molar-refractivity contribution >= 4 is 11.8 Å². The van der Waals surface area contributed by atoms with Crippen LogP contribution in [0.4, 0.5) is 5.82 Å². The Kier molecular flexibility index (Phi) is 4.07. The van der Waals surface area contributed by atoms with Gasteiger partial charge in [0.05, 0.1) is 6.20 Å². The molecule has 0 radical (unpaired) electrons. The molecule has 1 atom stereocenters. The second-order valence-electron chi connectivity index (χ2n) is 4.29. The zero-order valence-electron chi connectivity index (χ0n) is 10.6. The lowest BCUT2D eigenvalue weighted by atomic mass is 10.0. The van der Waals surface area contributed by atoms with E-state index < -0.39 is 5.97 Å². The van der Waals surface area contributed by atoms with Gasteiger partial charge in [-0.2, -0.15) is 5.10 Å². The van der Waals surface area contributed by atoms with E-state index in [1.165, 1.54) is 17.8 Å². The summed E-state index contributed by atoms with van der Waals surface area (Å²) in [6, 6.07) is 11.5. The highest BCUT2D eigenvalue weighted by Crippen LogP contribution is 2.16. The average molecular weight is 257 g/mol. The first kappa shape index (κ1) is 13.0. The summed E-state index contributed by atoms with van der Waals surface area (Å²) in [5.74, 6) is -0.451. The largest absolute Gasteiger partial charge is 0.478 e. The van der Waals surface area contributed by atoms with Gasteiger partial charge in [-0.1, -0.05) is 37.3 Å². The molecule has 19 heavy (non-hydrogen) atoms. The maximum atomic E-state index is 11.0. The normalized spacial score (nSPS) is 11.8. The van der Waals surface area contributed by atoms with Crippen molar-refractivity contribution in [2.45, 2.75) is 12.8 Å². The summed E-state index contributed by atoms with van der Waals surface area (Å²) < 4.78 is 0. The minimum atomic E-state index is -1.01. The second kappa shape index (κ2) is 5.95. The van der Waals surface area contributed by atoms with Gasteiger partial charge < -0.3 is 10.4 Å². The maximum absolute atomic E-state index is 11.0. The first-order chi connectivity index (χ1) is 9.18. The predicted molar refractivity (Wildman–Crippen MR) is 72.3 cm³/mol. The second-order valence-corrected chi connectivity index (χ2v) is 4.29. The van der Waals surface area contributed by atoms with Gasteiger partial charge in [0.15, 0.2) is 5.82 Å². The van der Waals surface area contributed by atoms with Crippen LogP contribution in [0.15, 0.2) is 42.6 Å². The number of anilines is 1. The summed E-state index contributed by atoms with van der Waals surface area (Å²) in [7, 11) is 0. The number of hydrogen-bond donors (Lipinski definition) is 2. The monoisotopic (exact) mass is 257 g/mol. The smallest absolute Gasteiger partial charge is 0.339 e. The third kappa shape index (κ3) is 3.28. The fourth-order valence-electron chi connectivity index (χ4n) is 1.78. The Labute approximate surface area is 111 Å². The van der Waals surface area contributed by atoms with Crippen LogP contribution in [0.3, 0.4) is 0 Å². The predicted octanol–water partition coefficient (Wildman–Crippen LogP) is 2.39. The zero-order chi connectivity index (χ0) is 13.7. The summed E-state index contributed by atoms with van der Waals surface area (Å²) in [6.45, 7) is 2.67. The molecule has 0 saturated heterocycles. The van der Waals surface area contributed by atoms with E-state index in [4.69, 9.17) is 5.11 Å². The van der Waals surface area contributed by atoms with Gasteiger partial charge in [-0.25, -0.2) is 4.79 Å². The quantitative estimate of drug-likeness (QED) is 0.860. The summed E-state index contributed by atoms with van der Waals surface area (Å²) in [4.78, 5) is 11.0. The lowest BCUT2D eigenvalue weighted by Gasteiger charge is -2.14. The van der Waals surface area contributed by atoms with E-state index in [0.717, 1.165) is 0 Å². The Balaban J connectivity index is 2.05. The van der Waals surface area contributed by atoms with E-state index in [1.54, 1.807) is 0 Å². The van der Waals surface area contributed by atoms with Gasteiger partial charge in [-0.3, -0.25) is 0 Å². The fraction of sp³-hybridized carbons (Fsp3) is 0.214. The van der Waals surface area contributed by atoms with Crippen LogP contribution in [-0.4, -0.2) is 27.8 Å².